The minimum absolute atomic E-state index is 0.126. The average molecular weight is 178 g/mol. The third kappa shape index (κ3) is 1.78. The maximum atomic E-state index is 5.65. The van der Waals surface area contributed by atoms with Gasteiger partial charge in [0.25, 0.3) is 0 Å². The lowest BCUT2D eigenvalue weighted by molar-refractivity contribution is 0.735. The predicted octanol–water partition coefficient (Wildman–Crippen LogP) is 0.688. The van der Waals surface area contributed by atoms with Crippen molar-refractivity contribution in [3.05, 3.63) is 18.1 Å². The third-order valence-corrected chi connectivity index (χ3v) is 2.41. The molecule has 0 spiro atoms. The molecule has 0 amide bonds. The number of anilines is 1. The molecule has 4 heteroatoms. The molecule has 2 rings (SSSR count). The highest BCUT2D eigenvalue weighted by Gasteiger charge is 2.41. The molecule has 0 aromatic carbocycles. The second kappa shape index (κ2) is 2.96. The summed E-state index contributed by atoms with van der Waals surface area (Å²) in [5, 5.41) is 3.34. The molecule has 0 radical (unpaired) electrons. The molecule has 70 valence electrons. The van der Waals surface area contributed by atoms with Crippen LogP contribution in [0.1, 0.15) is 18.7 Å². The number of aryl methyl sites for hydroxylation is 1. The van der Waals surface area contributed by atoms with Crippen LogP contribution in [0.4, 0.5) is 5.82 Å². The van der Waals surface area contributed by atoms with Gasteiger partial charge in [-0.2, -0.15) is 0 Å². The molecule has 0 saturated heterocycles. The maximum absolute atomic E-state index is 5.65. The molecule has 4 nitrogen and oxygen atoms in total. The van der Waals surface area contributed by atoms with Gasteiger partial charge in [-0.25, -0.2) is 9.97 Å². The Morgan fingerprint density at radius 1 is 1.62 bits per heavy atom. The SMILES string of the molecule is Cc1nccc(NC2(CN)CC2)n1. The van der Waals surface area contributed by atoms with Crippen LogP contribution in [-0.4, -0.2) is 22.1 Å². The summed E-state index contributed by atoms with van der Waals surface area (Å²) in [6.07, 6.45) is 4.05. The van der Waals surface area contributed by atoms with E-state index in [4.69, 9.17) is 5.73 Å². The minimum atomic E-state index is 0.126. The normalized spacial score (nSPS) is 18.3. The molecule has 1 aliphatic rings. The highest BCUT2D eigenvalue weighted by atomic mass is 15.1. The first-order chi connectivity index (χ1) is 6.24. The molecule has 1 aliphatic carbocycles. The van der Waals surface area contributed by atoms with Crippen LogP contribution < -0.4 is 11.1 Å². The number of rotatable bonds is 3. The van der Waals surface area contributed by atoms with Gasteiger partial charge in [0.05, 0.1) is 5.54 Å². The first kappa shape index (κ1) is 8.44. The zero-order valence-corrected chi connectivity index (χ0v) is 7.75. The first-order valence-corrected chi connectivity index (χ1v) is 4.52. The standard InChI is InChI=1S/C9H14N4/c1-7-11-5-2-8(12-7)13-9(6-10)3-4-9/h2,5H,3-4,6,10H2,1H3,(H,11,12,13). The topological polar surface area (TPSA) is 63.8 Å². The highest BCUT2D eigenvalue weighted by molar-refractivity contribution is 5.39. The Morgan fingerprint density at radius 2 is 2.38 bits per heavy atom. The molecular formula is C9H14N4. The van der Waals surface area contributed by atoms with Crippen molar-refractivity contribution in [2.24, 2.45) is 5.73 Å². The van der Waals surface area contributed by atoms with Gasteiger partial charge in [0.2, 0.25) is 0 Å². The fourth-order valence-electron chi connectivity index (χ4n) is 1.33. The van der Waals surface area contributed by atoms with Gasteiger partial charge >= 0.3 is 0 Å². The number of nitrogens with zero attached hydrogens (tertiary/aromatic N) is 2. The Labute approximate surface area is 77.6 Å². The average Bonchev–Trinajstić information content (AvgIpc) is 2.86. The Kier molecular flexibility index (Phi) is 1.92. The van der Waals surface area contributed by atoms with E-state index in [2.05, 4.69) is 15.3 Å². The van der Waals surface area contributed by atoms with Gasteiger partial charge in [0.15, 0.2) is 0 Å². The molecule has 3 N–H and O–H groups in total. The predicted molar refractivity (Wildman–Crippen MR) is 51.4 cm³/mol. The van der Waals surface area contributed by atoms with Crippen molar-refractivity contribution in [3.63, 3.8) is 0 Å². The molecule has 1 saturated carbocycles. The Hall–Kier alpha value is -1.16. The summed E-state index contributed by atoms with van der Waals surface area (Å²) in [4.78, 5) is 8.30. The van der Waals surface area contributed by atoms with Crippen LogP contribution >= 0.6 is 0 Å². The molecule has 13 heavy (non-hydrogen) atoms. The van der Waals surface area contributed by atoms with Gasteiger partial charge in [-0.3, -0.25) is 0 Å². The van der Waals surface area contributed by atoms with E-state index >= 15 is 0 Å². The van der Waals surface area contributed by atoms with E-state index in [1.54, 1.807) is 6.20 Å². The van der Waals surface area contributed by atoms with E-state index in [1.165, 1.54) is 0 Å². The van der Waals surface area contributed by atoms with E-state index in [-0.39, 0.29) is 5.54 Å². The molecular weight excluding hydrogens is 164 g/mol. The van der Waals surface area contributed by atoms with E-state index in [1.807, 2.05) is 13.0 Å². The van der Waals surface area contributed by atoms with Crippen molar-refractivity contribution in [1.82, 2.24) is 9.97 Å². The Bertz CT molecular complexity index is 306. The number of hydrogen-bond donors (Lipinski definition) is 2. The van der Waals surface area contributed by atoms with Crippen molar-refractivity contribution >= 4 is 5.82 Å². The fourth-order valence-corrected chi connectivity index (χ4v) is 1.33. The molecule has 1 heterocycles. The lowest BCUT2D eigenvalue weighted by Crippen LogP contribution is -2.31. The van der Waals surface area contributed by atoms with Gasteiger partial charge in [-0.05, 0) is 25.8 Å². The number of nitrogens with two attached hydrogens (primary N) is 1. The van der Waals surface area contributed by atoms with E-state index in [0.29, 0.717) is 6.54 Å². The third-order valence-electron chi connectivity index (χ3n) is 2.41. The first-order valence-electron chi connectivity index (χ1n) is 4.52. The van der Waals surface area contributed by atoms with Crippen LogP contribution in [0.2, 0.25) is 0 Å². The lowest BCUT2D eigenvalue weighted by Gasteiger charge is -2.15. The second-order valence-electron chi connectivity index (χ2n) is 3.60. The van der Waals surface area contributed by atoms with Crippen molar-refractivity contribution in [3.8, 4) is 0 Å². The quantitative estimate of drug-likeness (QED) is 0.714. The molecule has 1 fully saturated rings. The summed E-state index contributed by atoms with van der Waals surface area (Å²) in [6.45, 7) is 2.56. The summed E-state index contributed by atoms with van der Waals surface area (Å²) < 4.78 is 0. The molecule has 1 aromatic heterocycles. The van der Waals surface area contributed by atoms with Crippen molar-refractivity contribution in [1.29, 1.82) is 0 Å². The van der Waals surface area contributed by atoms with Gasteiger partial charge in [-0.1, -0.05) is 0 Å². The van der Waals surface area contributed by atoms with Gasteiger partial charge < -0.3 is 11.1 Å². The lowest BCUT2D eigenvalue weighted by atomic mass is 10.3. The van der Waals surface area contributed by atoms with Crippen molar-refractivity contribution < 1.29 is 0 Å². The summed E-state index contributed by atoms with van der Waals surface area (Å²) >= 11 is 0. The molecule has 0 atom stereocenters. The van der Waals surface area contributed by atoms with E-state index in [0.717, 1.165) is 24.5 Å². The van der Waals surface area contributed by atoms with Crippen LogP contribution in [0, 0.1) is 6.92 Å². The fraction of sp³-hybridized carbons (Fsp3) is 0.556. The Balaban J connectivity index is 2.09. The molecule has 1 aromatic rings. The maximum Gasteiger partial charge on any atom is 0.130 e. The zero-order chi connectivity index (χ0) is 9.31. The largest absolute Gasteiger partial charge is 0.363 e. The molecule has 0 bridgehead atoms. The van der Waals surface area contributed by atoms with Crippen LogP contribution in [0.5, 0.6) is 0 Å². The van der Waals surface area contributed by atoms with Crippen LogP contribution in [0.15, 0.2) is 12.3 Å². The van der Waals surface area contributed by atoms with Crippen molar-refractivity contribution in [2.75, 3.05) is 11.9 Å². The van der Waals surface area contributed by atoms with Crippen LogP contribution in [0.3, 0.4) is 0 Å². The monoisotopic (exact) mass is 178 g/mol. The summed E-state index contributed by atoms with van der Waals surface area (Å²) in [6, 6.07) is 1.88. The van der Waals surface area contributed by atoms with Crippen molar-refractivity contribution in [2.45, 2.75) is 25.3 Å². The minimum Gasteiger partial charge on any atom is -0.363 e. The highest BCUT2D eigenvalue weighted by Crippen LogP contribution is 2.37. The Morgan fingerprint density at radius 3 is 2.92 bits per heavy atom. The number of nitrogens with one attached hydrogen (secondary N) is 1. The number of aromatic nitrogens is 2. The number of hydrogen-bond acceptors (Lipinski definition) is 4. The van der Waals surface area contributed by atoms with Gasteiger partial charge in [0, 0.05) is 12.7 Å². The summed E-state index contributed by atoms with van der Waals surface area (Å²) in [7, 11) is 0. The van der Waals surface area contributed by atoms with Crippen LogP contribution in [0.25, 0.3) is 0 Å². The summed E-state index contributed by atoms with van der Waals surface area (Å²) in [5.74, 6) is 1.67. The zero-order valence-electron chi connectivity index (χ0n) is 7.75. The van der Waals surface area contributed by atoms with Gasteiger partial charge in [-0.15, -0.1) is 0 Å². The molecule has 0 aliphatic heterocycles. The van der Waals surface area contributed by atoms with Gasteiger partial charge in [0.1, 0.15) is 11.6 Å². The summed E-state index contributed by atoms with van der Waals surface area (Å²) in [5.41, 5.74) is 5.77. The van der Waals surface area contributed by atoms with E-state index in [9.17, 15) is 0 Å². The smallest absolute Gasteiger partial charge is 0.130 e. The van der Waals surface area contributed by atoms with E-state index < -0.39 is 0 Å². The van der Waals surface area contributed by atoms with Crippen LogP contribution in [-0.2, 0) is 0 Å². The molecule has 0 unspecified atom stereocenters. The second-order valence-corrected chi connectivity index (χ2v) is 3.60.